The van der Waals surface area contributed by atoms with Crippen molar-refractivity contribution in [3.05, 3.63) is 89.9 Å². The van der Waals surface area contributed by atoms with Gasteiger partial charge in [-0.15, -0.1) is 0 Å². The quantitative estimate of drug-likeness (QED) is 0.418. The first-order valence-corrected chi connectivity index (χ1v) is 10.4. The van der Waals surface area contributed by atoms with E-state index >= 15 is 0 Å². The van der Waals surface area contributed by atoms with Crippen molar-refractivity contribution in [3.8, 4) is 0 Å². The number of benzene rings is 2. The molecular weight excluding hydrogens is 447 g/mol. The summed E-state index contributed by atoms with van der Waals surface area (Å²) < 4.78 is 45.1. The number of fused-ring (bicyclic) bond motifs is 2. The molecule has 7 nitrogen and oxygen atoms in total. The monoisotopic (exact) mass is 467 g/mol. The standard InChI is InChI=1S/C24H20F3N5O2/c25-24(26,27)23(34,19-13-31(14-22(28)33)21-6-2-1-5-18(19)21)16-7-8-20-15(10-16)11-30-32(20)17-4-3-9-29-12-17/h1-10,12-13,30,34H,11,14H2,(H2,28,33). The first-order valence-electron chi connectivity index (χ1n) is 10.4. The van der Waals surface area contributed by atoms with Crippen LogP contribution < -0.4 is 16.2 Å². The second kappa shape index (κ2) is 7.86. The van der Waals surface area contributed by atoms with Crippen LogP contribution >= 0.6 is 0 Å². The molecule has 174 valence electrons. The largest absolute Gasteiger partial charge is 0.425 e. The van der Waals surface area contributed by atoms with E-state index in [0.29, 0.717) is 16.8 Å². The van der Waals surface area contributed by atoms with E-state index in [9.17, 15) is 23.1 Å². The zero-order chi connectivity index (χ0) is 24.1. The smallest absolute Gasteiger partial charge is 0.372 e. The maximum absolute atomic E-state index is 14.6. The summed E-state index contributed by atoms with van der Waals surface area (Å²) in [4.78, 5) is 15.6. The number of halogens is 3. The maximum Gasteiger partial charge on any atom is 0.425 e. The highest BCUT2D eigenvalue weighted by Gasteiger charge is 2.57. The fraction of sp³-hybridized carbons (Fsp3) is 0.167. The third kappa shape index (κ3) is 3.39. The molecule has 5 rings (SSSR count). The number of carbonyl (C=O) groups excluding carboxylic acids is 1. The minimum atomic E-state index is -5.04. The van der Waals surface area contributed by atoms with Crippen LogP contribution in [0.4, 0.5) is 24.5 Å². The Hall–Kier alpha value is -3.89. The van der Waals surface area contributed by atoms with Crippen LogP contribution in [0.25, 0.3) is 10.9 Å². The van der Waals surface area contributed by atoms with Crippen molar-refractivity contribution in [2.75, 3.05) is 5.01 Å². The minimum Gasteiger partial charge on any atom is -0.372 e. The van der Waals surface area contributed by atoms with Gasteiger partial charge in [0.1, 0.15) is 6.54 Å². The molecule has 10 heteroatoms. The van der Waals surface area contributed by atoms with E-state index in [1.54, 1.807) is 41.7 Å². The summed E-state index contributed by atoms with van der Waals surface area (Å²) in [5.41, 5.74) is 6.76. The van der Waals surface area contributed by atoms with Gasteiger partial charge in [0.05, 0.1) is 17.6 Å². The number of primary amides is 1. The van der Waals surface area contributed by atoms with Crippen LogP contribution in [-0.4, -0.2) is 26.7 Å². The molecule has 0 radical (unpaired) electrons. The van der Waals surface area contributed by atoms with Gasteiger partial charge in [0.15, 0.2) is 0 Å². The van der Waals surface area contributed by atoms with Crippen molar-refractivity contribution in [1.29, 1.82) is 0 Å². The minimum absolute atomic E-state index is 0.180. The van der Waals surface area contributed by atoms with E-state index in [4.69, 9.17) is 5.73 Å². The molecule has 4 aromatic rings. The van der Waals surface area contributed by atoms with Crippen molar-refractivity contribution < 1.29 is 23.1 Å². The molecule has 1 unspecified atom stereocenters. The van der Waals surface area contributed by atoms with E-state index in [1.165, 1.54) is 28.8 Å². The molecule has 0 aliphatic carbocycles. The van der Waals surface area contributed by atoms with E-state index < -0.39 is 17.7 Å². The summed E-state index contributed by atoms with van der Waals surface area (Å²) in [7, 11) is 0. The molecule has 0 saturated carbocycles. The second-order valence-corrected chi connectivity index (χ2v) is 8.09. The number of nitrogens with two attached hydrogens (primary N) is 1. The highest BCUT2D eigenvalue weighted by atomic mass is 19.4. The number of rotatable bonds is 5. The molecule has 1 aliphatic rings. The third-order valence-electron chi connectivity index (χ3n) is 5.98. The molecule has 1 aliphatic heterocycles. The predicted molar refractivity (Wildman–Crippen MR) is 120 cm³/mol. The van der Waals surface area contributed by atoms with Gasteiger partial charge < -0.3 is 15.4 Å². The lowest BCUT2D eigenvalue weighted by Crippen LogP contribution is -2.43. The van der Waals surface area contributed by atoms with E-state index in [1.807, 2.05) is 6.07 Å². The van der Waals surface area contributed by atoms with Gasteiger partial charge >= 0.3 is 6.18 Å². The van der Waals surface area contributed by atoms with Crippen molar-refractivity contribution in [3.63, 3.8) is 0 Å². The molecule has 1 atom stereocenters. The molecule has 3 heterocycles. The summed E-state index contributed by atoms with van der Waals surface area (Å²) in [6, 6.07) is 14.0. The molecule has 2 aromatic carbocycles. The van der Waals surface area contributed by atoms with Crippen LogP contribution in [0.1, 0.15) is 16.7 Å². The Morgan fingerprint density at radius 2 is 1.94 bits per heavy atom. The predicted octanol–water partition coefficient (Wildman–Crippen LogP) is 3.48. The van der Waals surface area contributed by atoms with Crippen molar-refractivity contribution >= 4 is 28.2 Å². The van der Waals surface area contributed by atoms with Crippen LogP contribution in [0, 0.1) is 0 Å². The van der Waals surface area contributed by atoms with Crippen LogP contribution in [0.3, 0.4) is 0 Å². The Morgan fingerprint density at radius 3 is 2.65 bits per heavy atom. The van der Waals surface area contributed by atoms with Crippen LogP contribution in [0.2, 0.25) is 0 Å². The number of nitrogens with zero attached hydrogens (tertiary/aromatic N) is 3. The van der Waals surface area contributed by atoms with Crippen LogP contribution in [0.15, 0.2) is 73.2 Å². The van der Waals surface area contributed by atoms with Crippen LogP contribution in [0.5, 0.6) is 0 Å². The van der Waals surface area contributed by atoms with E-state index in [0.717, 1.165) is 11.9 Å². The molecule has 2 aromatic heterocycles. The number of amides is 1. The number of carbonyl (C=O) groups is 1. The number of nitrogens with one attached hydrogen (secondary N) is 1. The number of hydrazine groups is 1. The van der Waals surface area contributed by atoms with Gasteiger partial charge in [0.25, 0.3) is 0 Å². The number of hydrogen-bond donors (Lipinski definition) is 3. The van der Waals surface area contributed by atoms with Crippen LogP contribution in [-0.2, 0) is 23.5 Å². The maximum atomic E-state index is 14.6. The first-order chi connectivity index (χ1) is 16.2. The average Bonchev–Trinajstić information content (AvgIpc) is 3.40. The number of anilines is 2. The molecule has 0 spiro atoms. The number of pyridine rings is 1. The number of alkyl halides is 3. The number of aromatic nitrogens is 2. The highest BCUT2D eigenvalue weighted by molar-refractivity contribution is 5.87. The molecule has 1 amide bonds. The Labute approximate surface area is 192 Å². The summed E-state index contributed by atoms with van der Waals surface area (Å²) in [5, 5.41) is 13.3. The molecule has 4 N–H and O–H groups in total. The van der Waals surface area contributed by atoms with Gasteiger partial charge in [-0.05, 0) is 41.5 Å². The zero-order valence-electron chi connectivity index (χ0n) is 17.8. The van der Waals surface area contributed by atoms with Gasteiger partial charge in [-0.3, -0.25) is 14.8 Å². The first kappa shape index (κ1) is 21.9. The van der Waals surface area contributed by atoms with Crippen molar-refractivity contribution in [2.24, 2.45) is 5.73 Å². The lowest BCUT2D eigenvalue weighted by atomic mass is 9.84. The highest BCUT2D eigenvalue weighted by Crippen LogP contribution is 2.48. The summed E-state index contributed by atoms with van der Waals surface area (Å²) in [6.07, 6.45) is -0.633. The Kier molecular flexibility index (Phi) is 5.07. The van der Waals surface area contributed by atoms with E-state index in [2.05, 4.69) is 10.4 Å². The molecule has 0 saturated heterocycles. The summed E-state index contributed by atoms with van der Waals surface area (Å²) >= 11 is 0. The lowest BCUT2D eigenvalue weighted by molar-refractivity contribution is -0.247. The third-order valence-corrected chi connectivity index (χ3v) is 5.98. The SMILES string of the molecule is NC(=O)Cn1cc(C(O)(c2ccc3c(c2)CNN3c2cccnc2)C(F)(F)F)c2ccccc21. The normalized spacial score (nSPS) is 15.4. The Balaban J connectivity index is 1.66. The number of hydrogen-bond acceptors (Lipinski definition) is 5. The molecule has 34 heavy (non-hydrogen) atoms. The molecule has 0 bridgehead atoms. The summed E-state index contributed by atoms with van der Waals surface area (Å²) in [5.74, 6) is -0.707. The van der Waals surface area contributed by atoms with Gasteiger partial charge in [-0.25, -0.2) is 5.43 Å². The Morgan fingerprint density at radius 1 is 1.15 bits per heavy atom. The van der Waals surface area contributed by atoms with Gasteiger partial charge in [-0.2, -0.15) is 13.2 Å². The average molecular weight is 467 g/mol. The topological polar surface area (TPSA) is 96.4 Å². The lowest BCUT2D eigenvalue weighted by Gasteiger charge is -2.31. The second-order valence-electron chi connectivity index (χ2n) is 8.09. The fourth-order valence-corrected chi connectivity index (χ4v) is 4.44. The molecular formula is C24H20F3N5O2. The zero-order valence-corrected chi connectivity index (χ0v) is 17.8. The van der Waals surface area contributed by atoms with Crippen molar-refractivity contribution in [1.82, 2.24) is 15.0 Å². The van der Waals surface area contributed by atoms with Gasteiger partial charge in [-0.1, -0.05) is 24.3 Å². The molecule has 0 fully saturated rings. The Bertz CT molecular complexity index is 1390. The van der Waals surface area contributed by atoms with Gasteiger partial charge in [0, 0.05) is 35.4 Å². The number of para-hydroxylation sites is 1. The summed E-state index contributed by atoms with van der Waals surface area (Å²) in [6.45, 7) is -0.0436. The number of aliphatic hydroxyl groups is 1. The van der Waals surface area contributed by atoms with E-state index in [-0.39, 0.29) is 29.6 Å². The van der Waals surface area contributed by atoms with Gasteiger partial charge in [0.2, 0.25) is 11.5 Å². The fourth-order valence-electron chi connectivity index (χ4n) is 4.44. The van der Waals surface area contributed by atoms with Crippen molar-refractivity contribution in [2.45, 2.75) is 24.9 Å².